The average molecular weight is 272 g/mol. The molecular formula is C14H19Cl2N. The summed E-state index contributed by atoms with van der Waals surface area (Å²) in [5.74, 6) is 1.08. The summed E-state index contributed by atoms with van der Waals surface area (Å²) in [5, 5.41) is 1.44. The molecule has 2 rings (SSSR count). The molecule has 1 nitrogen and oxygen atoms in total. The summed E-state index contributed by atoms with van der Waals surface area (Å²) in [5.41, 5.74) is 7.31. The third-order valence-electron chi connectivity index (χ3n) is 4.09. The molecule has 3 unspecified atom stereocenters. The summed E-state index contributed by atoms with van der Waals surface area (Å²) in [6.45, 7) is 4.47. The van der Waals surface area contributed by atoms with Gasteiger partial charge in [-0.2, -0.15) is 0 Å². The highest BCUT2D eigenvalue weighted by Gasteiger charge is 2.39. The van der Waals surface area contributed by atoms with Crippen LogP contribution < -0.4 is 5.73 Å². The van der Waals surface area contributed by atoms with Crippen molar-refractivity contribution in [3.8, 4) is 0 Å². The van der Waals surface area contributed by atoms with Gasteiger partial charge in [0.1, 0.15) is 0 Å². The number of nitrogens with two attached hydrogens (primary N) is 1. The Morgan fingerprint density at radius 1 is 1.24 bits per heavy atom. The Labute approximate surface area is 113 Å². The molecule has 0 aromatic heterocycles. The third kappa shape index (κ3) is 2.47. The van der Waals surface area contributed by atoms with Crippen LogP contribution in [0.2, 0.25) is 10.0 Å². The summed E-state index contributed by atoms with van der Waals surface area (Å²) in [6, 6.07) is 5.59. The molecule has 0 radical (unpaired) electrons. The molecule has 94 valence electrons. The lowest BCUT2D eigenvalue weighted by atomic mass is 9.67. The summed E-state index contributed by atoms with van der Waals surface area (Å²) in [6.07, 6.45) is 3.38. The van der Waals surface area contributed by atoms with Crippen LogP contribution in [0, 0.1) is 11.8 Å². The van der Waals surface area contributed by atoms with E-state index in [1.165, 1.54) is 6.42 Å². The monoisotopic (exact) mass is 271 g/mol. The summed E-state index contributed by atoms with van der Waals surface area (Å²) in [4.78, 5) is 0. The van der Waals surface area contributed by atoms with Gasteiger partial charge >= 0.3 is 0 Å². The van der Waals surface area contributed by atoms with E-state index in [2.05, 4.69) is 13.8 Å². The van der Waals surface area contributed by atoms with Gasteiger partial charge < -0.3 is 5.73 Å². The Morgan fingerprint density at radius 2 is 1.94 bits per heavy atom. The molecule has 0 bridgehead atoms. The lowest BCUT2D eigenvalue weighted by Gasteiger charge is -2.43. The summed E-state index contributed by atoms with van der Waals surface area (Å²) in [7, 11) is 0. The van der Waals surface area contributed by atoms with Crippen molar-refractivity contribution < 1.29 is 0 Å². The van der Waals surface area contributed by atoms with Crippen LogP contribution in [0.5, 0.6) is 0 Å². The van der Waals surface area contributed by atoms with Crippen LogP contribution in [-0.2, 0) is 5.54 Å². The molecule has 1 aromatic carbocycles. The van der Waals surface area contributed by atoms with Crippen molar-refractivity contribution in [3.63, 3.8) is 0 Å². The molecule has 17 heavy (non-hydrogen) atoms. The van der Waals surface area contributed by atoms with Crippen molar-refractivity contribution in [1.29, 1.82) is 0 Å². The number of halogens is 2. The number of benzene rings is 1. The van der Waals surface area contributed by atoms with Gasteiger partial charge in [-0.15, -0.1) is 0 Å². The number of hydrogen-bond donors (Lipinski definition) is 1. The van der Waals surface area contributed by atoms with Crippen molar-refractivity contribution in [2.75, 3.05) is 0 Å². The Morgan fingerprint density at radius 3 is 2.65 bits per heavy atom. The van der Waals surface area contributed by atoms with Crippen LogP contribution in [0.1, 0.15) is 38.7 Å². The van der Waals surface area contributed by atoms with Crippen molar-refractivity contribution in [2.45, 2.75) is 38.6 Å². The fourth-order valence-electron chi connectivity index (χ4n) is 2.90. The first-order valence-corrected chi connectivity index (χ1v) is 6.93. The second-order valence-corrected chi connectivity index (χ2v) is 6.30. The van der Waals surface area contributed by atoms with Crippen LogP contribution in [0.15, 0.2) is 18.2 Å². The van der Waals surface area contributed by atoms with Crippen LogP contribution in [0.25, 0.3) is 0 Å². The van der Waals surface area contributed by atoms with Gasteiger partial charge in [0.05, 0.1) is 0 Å². The van der Waals surface area contributed by atoms with Gasteiger partial charge in [-0.1, -0.05) is 43.5 Å². The Kier molecular flexibility index (Phi) is 3.72. The van der Waals surface area contributed by atoms with Gasteiger partial charge in [0.15, 0.2) is 0 Å². The van der Waals surface area contributed by atoms with Gasteiger partial charge in [-0.05, 0) is 48.4 Å². The van der Waals surface area contributed by atoms with Crippen LogP contribution in [0.3, 0.4) is 0 Å². The fourth-order valence-corrected chi connectivity index (χ4v) is 3.37. The third-order valence-corrected chi connectivity index (χ3v) is 4.65. The zero-order chi connectivity index (χ0) is 12.6. The minimum Gasteiger partial charge on any atom is -0.321 e. The molecular weight excluding hydrogens is 253 g/mol. The molecule has 1 saturated carbocycles. The van der Waals surface area contributed by atoms with Crippen LogP contribution in [-0.4, -0.2) is 0 Å². The van der Waals surface area contributed by atoms with Crippen LogP contribution in [0.4, 0.5) is 0 Å². The van der Waals surface area contributed by atoms with E-state index < -0.39 is 0 Å². The second kappa shape index (κ2) is 4.79. The molecule has 0 amide bonds. The SMILES string of the molecule is CC1CCC(C)C(N)(c2cc(Cl)ccc2Cl)C1. The molecule has 1 aliphatic carbocycles. The molecule has 1 aromatic rings. The summed E-state index contributed by atoms with van der Waals surface area (Å²) >= 11 is 12.4. The van der Waals surface area contributed by atoms with Crippen molar-refractivity contribution in [3.05, 3.63) is 33.8 Å². The normalized spacial score (nSPS) is 33.7. The van der Waals surface area contributed by atoms with E-state index in [0.717, 1.165) is 23.4 Å². The van der Waals surface area contributed by atoms with Gasteiger partial charge in [-0.25, -0.2) is 0 Å². The molecule has 0 saturated heterocycles. The van der Waals surface area contributed by atoms with E-state index in [-0.39, 0.29) is 5.54 Å². The second-order valence-electron chi connectivity index (χ2n) is 5.45. The Balaban J connectivity index is 2.45. The quantitative estimate of drug-likeness (QED) is 0.794. The van der Waals surface area contributed by atoms with E-state index in [0.29, 0.717) is 16.9 Å². The predicted molar refractivity (Wildman–Crippen MR) is 74.5 cm³/mol. The molecule has 1 fully saturated rings. The Hall–Kier alpha value is -0.240. The molecule has 0 heterocycles. The van der Waals surface area contributed by atoms with Gasteiger partial charge in [0.2, 0.25) is 0 Å². The first kappa shape index (κ1) is 13.2. The number of hydrogen-bond acceptors (Lipinski definition) is 1. The fraction of sp³-hybridized carbons (Fsp3) is 0.571. The zero-order valence-electron chi connectivity index (χ0n) is 10.3. The minimum atomic E-state index is -0.334. The zero-order valence-corrected chi connectivity index (χ0v) is 11.9. The maximum Gasteiger partial charge on any atom is 0.0457 e. The highest BCUT2D eigenvalue weighted by molar-refractivity contribution is 6.33. The van der Waals surface area contributed by atoms with E-state index >= 15 is 0 Å². The lowest BCUT2D eigenvalue weighted by molar-refractivity contribution is 0.162. The van der Waals surface area contributed by atoms with E-state index in [4.69, 9.17) is 28.9 Å². The average Bonchev–Trinajstić information content (AvgIpc) is 2.27. The minimum absolute atomic E-state index is 0.334. The maximum atomic E-state index is 6.64. The van der Waals surface area contributed by atoms with Crippen LogP contribution >= 0.6 is 23.2 Å². The highest BCUT2D eigenvalue weighted by atomic mass is 35.5. The van der Waals surface area contributed by atoms with Crippen molar-refractivity contribution >= 4 is 23.2 Å². The van der Waals surface area contributed by atoms with Crippen molar-refractivity contribution in [1.82, 2.24) is 0 Å². The van der Waals surface area contributed by atoms with Gasteiger partial charge in [0.25, 0.3) is 0 Å². The number of rotatable bonds is 1. The molecule has 0 aliphatic heterocycles. The lowest BCUT2D eigenvalue weighted by Crippen LogP contribution is -2.47. The molecule has 1 aliphatic rings. The van der Waals surface area contributed by atoms with E-state index in [1.807, 2.05) is 18.2 Å². The Bertz CT molecular complexity index is 419. The summed E-state index contributed by atoms with van der Waals surface area (Å²) < 4.78 is 0. The van der Waals surface area contributed by atoms with Crippen molar-refractivity contribution in [2.24, 2.45) is 17.6 Å². The first-order chi connectivity index (χ1) is 7.93. The highest BCUT2D eigenvalue weighted by Crippen LogP contribution is 2.44. The van der Waals surface area contributed by atoms with E-state index in [9.17, 15) is 0 Å². The smallest absolute Gasteiger partial charge is 0.0457 e. The van der Waals surface area contributed by atoms with Gasteiger partial charge in [0, 0.05) is 15.6 Å². The maximum absolute atomic E-state index is 6.64. The molecule has 3 atom stereocenters. The molecule has 3 heteroatoms. The first-order valence-electron chi connectivity index (χ1n) is 6.18. The molecule has 2 N–H and O–H groups in total. The molecule has 0 spiro atoms. The van der Waals surface area contributed by atoms with Gasteiger partial charge in [-0.3, -0.25) is 0 Å². The topological polar surface area (TPSA) is 26.0 Å². The standard InChI is InChI=1S/C14H19Cl2N/c1-9-3-4-10(2)14(17,8-9)12-7-11(15)5-6-13(12)16/h5-7,9-10H,3-4,8,17H2,1-2H3. The predicted octanol–water partition coefficient (Wildman–Crippen LogP) is 4.60. The van der Waals surface area contributed by atoms with E-state index in [1.54, 1.807) is 0 Å². The largest absolute Gasteiger partial charge is 0.321 e.